The molecule has 26 heavy (non-hydrogen) atoms. The number of morpholine rings is 1. The third-order valence-corrected chi connectivity index (χ3v) is 5.96. The molecule has 0 bridgehead atoms. The number of carbonyl (C=O) groups excluding carboxylic acids is 1. The smallest absolute Gasteiger partial charge is 0.275 e. The maximum absolute atomic E-state index is 12.9. The van der Waals surface area contributed by atoms with Crippen LogP contribution in [0.25, 0.3) is 10.9 Å². The number of carbonyl (C=O) groups is 1. The van der Waals surface area contributed by atoms with E-state index in [4.69, 9.17) is 9.47 Å². The van der Waals surface area contributed by atoms with Gasteiger partial charge in [0.25, 0.3) is 5.91 Å². The largest absolute Gasteiger partial charge is 0.379 e. The van der Waals surface area contributed by atoms with Gasteiger partial charge in [0.1, 0.15) is 5.60 Å². The van der Waals surface area contributed by atoms with E-state index in [2.05, 4.69) is 10.00 Å². The highest BCUT2D eigenvalue weighted by Gasteiger charge is 2.52. The van der Waals surface area contributed by atoms with Crippen molar-refractivity contribution in [3.8, 4) is 0 Å². The highest BCUT2D eigenvalue weighted by molar-refractivity contribution is 6.05. The minimum atomic E-state index is -0.163. The number of aryl methyl sites for hydroxylation is 1. The van der Waals surface area contributed by atoms with Gasteiger partial charge in [0.2, 0.25) is 0 Å². The van der Waals surface area contributed by atoms with E-state index in [0.29, 0.717) is 24.8 Å². The molecule has 3 fully saturated rings. The van der Waals surface area contributed by atoms with E-state index in [0.717, 1.165) is 50.2 Å². The zero-order valence-corrected chi connectivity index (χ0v) is 15.1. The number of likely N-dealkylation sites (tertiary alicyclic amines) is 1. The van der Waals surface area contributed by atoms with Crippen LogP contribution in [-0.4, -0.2) is 83.1 Å². The van der Waals surface area contributed by atoms with Gasteiger partial charge in [-0.25, -0.2) is 0 Å². The van der Waals surface area contributed by atoms with Crippen molar-refractivity contribution >= 4 is 16.8 Å². The van der Waals surface area contributed by atoms with Gasteiger partial charge >= 0.3 is 0 Å². The molecule has 1 aromatic heterocycles. The van der Waals surface area contributed by atoms with Crippen molar-refractivity contribution in [3.05, 3.63) is 30.0 Å². The number of benzene rings is 1. The molecule has 1 unspecified atom stereocenters. The van der Waals surface area contributed by atoms with Crippen molar-refractivity contribution in [3.63, 3.8) is 0 Å². The van der Waals surface area contributed by atoms with E-state index >= 15 is 0 Å². The van der Waals surface area contributed by atoms with Crippen LogP contribution in [0.2, 0.25) is 0 Å². The van der Waals surface area contributed by atoms with Crippen LogP contribution < -0.4 is 0 Å². The van der Waals surface area contributed by atoms with Crippen LogP contribution in [0.15, 0.2) is 24.3 Å². The molecule has 138 valence electrons. The van der Waals surface area contributed by atoms with Crippen LogP contribution in [0.1, 0.15) is 16.9 Å². The van der Waals surface area contributed by atoms with E-state index < -0.39 is 0 Å². The van der Waals surface area contributed by atoms with Crippen LogP contribution in [0.5, 0.6) is 0 Å². The second-order valence-corrected chi connectivity index (χ2v) is 7.65. The first kappa shape index (κ1) is 16.2. The number of hydrogen-bond donors (Lipinski definition) is 0. The third kappa shape index (κ3) is 2.53. The summed E-state index contributed by atoms with van der Waals surface area (Å²) in [6, 6.07) is 8.32. The fourth-order valence-electron chi connectivity index (χ4n) is 4.53. The summed E-state index contributed by atoms with van der Waals surface area (Å²) in [5, 5.41) is 5.37. The quantitative estimate of drug-likeness (QED) is 0.800. The molecule has 2 aromatic rings. The third-order valence-electron chi connectivity index (χ3n) is 5.96. The Morgan fingerprint density at radius 3 is 2.81 bits per heavy atom. The summed E-state index contributed by atoms with van der Waals surface area (Å²) >= 11 is 0. The van der Waals surface area contributed by atoms with E-state index in [-0.39, 0.29) is 11.5 Å². The molecule has 1 atom stereocenters. The van der Waals surface area contributed by atoms with Crippen molar-refractivity contribution < 1.29 is 14.3 Å². The molecule has 3 aliphatic heterocycles. The zero-order valence-electron chi connectivity index (χ0n) is 15.1. The molecule has 3 saturated heterocycles. The molecular formula is C19H24N4O3. The van der Waals surface area contributed by atoms with Gasteiger partial charge in [0, 0.05) is 31.6 Å². The normalized spacial score (nSPS) is 25.7. The summed E-state index contributed by atoms with van der Waals surface area (Å²) in [6.07, 6.45) is 1.000. The second kappa shape index (κ2) is 6.04. The Morgan fingerprint density at radius 1 is 1.23 bits per heavy atom. The molecule has 1 amide bonds. The van der Waals surface area contributed by atoms with Gasteiger partial charge in [0.15, 0.2) is 5.69 Å². The lowest BCUT2D eigenvalue weighted by molar-refractivity contribution is -0.0952. The highest BCUT2D eigenvalue weighted by Crippen LogP contribution is 2.38. The summed E-state index contributed by atoms with van der Waals surface area (Å²) in [6.45, 7) is 5.66. The Morgan fingerprint density at radius 2 is 2.00 bits per heavy atom. The Balaban J connectivity index is 1.27. The van der Waals surface area contributed by atoms with E-state index in [1.807, 2.05) is 36.2 Å². The molecule has 4 heterocycles. The lowest BCUT2D eigenvalue weighted by Gasteiger charge is -2.47. The zero-order chi connectivity index (χ0) is 17.7. The molecule has 0 aliphatic carbocycles. The summed E-state index contributed by atoms with van der Waals surface area (Å²) in [4.78, 5) is 17.3. The van der Waals surface area contributed by atoms with E-state index in [1.165, 1.54) is 0 Å². The number of hydrogen-bond acceptors (Lipinski definition) is 5. The Kier molecular flexibility index (Phi) is 3.77. The average Bonchev–Trinajstić information content (AvgIpc) is 3.24. The first-order valence-electron chi connectivity index (χ1n) is 9.32. The van der Waals surface area contributed by atoms with Crippen LogP contribution in [0.3, 0.4) is 0 Å². The van der Waals surface area contributed by atoms with Gasteiger partial charge < -0.3 is 14.4 Å². The summed E-state index contributed by atoms with van der Waals surface area (Å²) in [7, 11) is 1.88. The second-order valence-electron chi connectivity index (χ2n) is 7.65. The monoisotopic (exact) mass is 356 g/mol. The van der Waals surface area contributed by atoms with Gasteiger partial charge in [-0.15, -0.1) is 0 Å². The maximum Gasteiger partial charge on any atom is 0.275 e. The SMILES string of the molecule is Cn1nc(C(=O)N2CC3(CC(N4CCOCC4)CO3)C2)c2ccccc21. The fourth-order valence-corrected chi connectivity index (χ4v) is 4.53. The number of para-hydroxylation sites is 1. The Bertz CT molecular complexity index is 836. The van der Waals surface area contributed by atoms with E-state index in [1.54, 1.807) is 4.68 Å². The minimum absolute atomic E-state index is 0.00541. The first-order valence-corrected chi connectivity index (χ1v) is 9.32. The van der Waals surface area contributed by atoms with Gasteiger partial charge in [-0.05, 0) is 12.5 Å². The number of aromatic nitrogens is 2. The number of ether oxygens (including phenoxy) is 2. The fraction of sp³-hybridized carbons (Fsp3) is 0.579. The van der Waals surface area contributed by atoms with Crippen LogP contribution >= 0.6 is 0 Å². The highest BCUT2D eigenvalue weighted by atomic mass is 16.5. The lowest BCUT2D eigenvalue weighted by Crippen LogP contribution is -2.63. The molecule has 1 spiro atoms. The molecule has 5 rings (SSSR count). The Labute approximate surface area is 152 Å². The summed E-state index contributed by atoms with van der Waals surface area (Å²) in [5.74, 6) is 0.00541. The topological polar surface area (TPSA) is 59.8 Å². The maximum atomic E-state index is 12.9. The van der Waals surface area contributed by atoms with E-state index in [9.17, 15) is 4.79 Å². The molecule has 0 radical (unpaired) electrons. The van der Waals surface area contributed by atoms with Gasteiger partial charge in [-0.2, -0.15) is 5.10 Å². The number of rotatable bonds is 2. The van der Waals surface area contributed by atoms with Crippen LogP contribution in [-0.2, 0) is 16.5 Å². The number of nitrogens with zero attached hydrogens (tertiary/aromatic N) is 4. The summed E-state index contributed by atoms with van der Waals surface area (Å²) in [5.41, 5.74) is 1.36. The van der Waals surface area contributed by atoms with Crippen LogP contribution in [0.4, 0.5) is 0 Å². The molecular weight excluding hydrogens is 332 g/mol. The van der Waals surface area contributed by atoms with Crippen LogP contribution in [0, 0.1) is 0 Å². The molecule has 7 heteroatoms. The van der Waals surface area contributed by atoms with Gasteiger partial charge in [-0.1, -0.05) is 18.2 Å². The average molecular weight is 356 g/mol. The molecule has 1 aromatic carbocycles. The predicted molar refractivity (Wildman–Crippen MR) is 96.1 cm³/mol. The van der Waals surface area contributed by atoms with Crippen molar-refractivity contribution in [2.24, 2.45) is 7.05 Å². The van der Waals surface area contributed by atoms with Crippen molar-refractivity contribution in [1.82, 2.24) is 19.6 Å². The molecule has 7 nitrogen and oxygen atoms in total. The number of fused-ring (bicyclic) bond motifs is 1. The lowest BCUT2D eigenvalue weighted by atomic mass is 9.88. The first-order chi connectivity index (χ1) is 12.7. The van der Waals surface area contributed by atoms with Gasteiger partial charge in [-0.3, -0.25) is 14.4 Å². The number of amides is 1. The molecule has 3 aliphatic rings. The summed E-state index contributed by atoms with van der Waals surface area (Å²) < 4.78 is 13.4. The standard InChI is InChI=1S/C19H24N4O3/c1-21-16-5-3-2-4-15(16)17(20-21)18(24)23-12-19(13-23)10-14(11-26-19)22-6-8-25-9-7-22/h2-5,14H,6-13H2,1H3. The van der Waals surface area contributed by atoms with Crippen molar-refractivity contribution in [2.45, 2.75) is 18.1 Å². The molecule has 0 saturated carbocycles. The molecule has 0 N–H and O–H groups in total. The Hall–Kier alpha value is -1.96. The van der Waals surface area contributed by atoms with Gasteiger partial charge in [0.05, 0.1) is 38.4 Å². The van der Waals surface area contributed by atoms with Crippen molar-refractivity contribution in [2.75, 3.05) is 46.0 Å². The predicted octanol–water partition coefficient (Wildman–Crippen LogP) is 0.889. The minimum Gasteiger partial charge on any atom is -0.379 e. The van der Waals surface area contributed by atoms with Crippen molar-refractivity contribution in [1.29, 1.82) is 0 Å².